The first-order valence-corrected chi connectivity index (χ1v) is 5.78. The smallest absolute Gasteiger partial charge is 0.0923 e. The highest BCUT2D eigenvalue weighted by atomic mass is 28.2. The van der Waals surface area contributed by atoms with Crippen LogP contribution in [-0.2, 0) is 4.74 Å². The van der Waals surface area contributed by atoms with E-state index in [4.69, 9.17) is 4.74 Å². The van der Waals surface area contributed by atoms with Gasteiger partial charge < -0.3 is 4.74 Å². The van der Waals surface area contributed by atoms with Crippen molar-refractivity contribution in [2.24, 2.45) is 0 Å². The fourth-order valence-electron chi connectivity index (χ4n) is 1.13. The summed E-state index contributed by atoms with van der Waals surface area (Å²) in [5.74, 6) is 0. The minimum Gasteiger partial charge on any atom is -0.383 e. The molecule has 46 valence electrons. The van der Waals surface area contributed by atoms with Crippen LogP contribution in [0.4, 0.5) is 0 Å². The van der Waals surface area contributed by atoms with Gasteiger partial charge >= 0.3 is 0 Å². The van der Waals surface area contributed by atoms with Gasteiger partial charge in [0.25, 0.3) is 0 Å². The molecule has 1 saturated heterocycles. The van der Waals surface area contributed by atoms with Gasteiger partial charge in [0.05, 0.1) is 7.44 Å². The Morgan fingerprint density at radius 1 is 1.50 bits per heavy atom. The monoisotopic (exact) mass is 128 g/mol. The average molecular weight is 128 g/mol. The highest BCUT2D eigenvalue weighted by molar-refractivity contribution is 6.90. The molecule has 0 N–H and O–H groups in total. The number of hydrogen-bond acceptors (Lipinski definition) is 1. The quantitative estimate of drug-likeness (QED) is 0.421. The molecule has 8 heavy (non-hydrogen) atoms. The van der Waals surface area contributed by atoms with E-state index in [-0.39, 0.29) is 9.39 Å². The van der Waals surface area contributed by atoms with Crippen molar-refractivity contribution in [1.29, 1.82) is 0 Å². The fourth-order valence-corrected chi connectivity index (χ4v) is 2.23. The first-order chi connectivity index (χ1) is 3.93. The highest BCUT2D eigenvalue weighted by Crippen LogP contribution is 2.09. The van der Waals surface area contributed by atoms with Crippen LogP contribution >= 0.6 is 0 Å². The molecule has 1 unspecified atom stereocenters. The molecular formula is C5H13BOSi. The SMILES string of the molecule is B[SiH2]C1CCCCO1. The van der Waals surface area contributed by atoms with Crippen molar-refractivity contribution in [2.45, 2.75) is 25.0 Å². The maximum absolute atomic E-state index is 5.49. The average Bonchev–Trinajstić information content (AvgIpc) is 1.90. The summed E-state index contributed by atoms with van der Waals surface area (Å²) in [5.41, 5.74) is 0.726. The molecule has 1 aliphatic rings. The maximum Gasteiger partial charge on any atom is 0.0923 e. The third kappa shape index (κ3) is 1.64. The van der Waals surface area contributed by atoms with Gasteiger partial charge in [-0.05, 0) is 19.3 Å². The van der Waals surface area contributed by atoms with Crippen LogP contribution < -0.4 is 0 Å². The van der Waals surface area contributed by atoms with Gasteiger partial charge in [-0.15, -0.1) is 0 Å². The van der Waals surface area contributed by atoms with Gasteiger partial charge in [-0.3, -0.25) is 0 Å². The van der Waals surface area contributed by atoms with Gasteiger partial charge in [-0.1, -0.05) is 0 Å². The third-order valence-corrected chi connectivity index (χ3v) is 3.28. The second kappa shape index (κ2) is 3.30. The molecule has 1 fully saturated rings. The number of hydrogen-bond donors (Lipinski definition) is 0. The van der Waals surface area contributed by atoms with E-state index < -0.39 is 0 Å². The van der Waals surface area contributed by atoms with Crippen molar-refractivity contribution < 1.29 is 4.74 Å². The van der Waals surface area contributed by atoms with Crippen molar-refractivity contribution in [3.8, 4) is 0 Å². The lowest BCUT2D eigenvalue weighted by Gasteiger charge is -2.20. The number of rotatable bonds is 1. The Morgan fingerprint density at radius 3 is 2.75 bits per heavy atom. The zero-order chi connectivity index (χ0) is 5.82. The largest absolute Gasteiger partial charge is 0.383 e. The molecule has 0 aromatic carbocycles. The van der Waals surface area contributed by atoms with Gasteiger partial charge in [0, 0.05) is 21.7 Å². The molecule has 0 saturated carbocycles. The van der Waals surface area contributed by atoms with Crippen molar-refractivity contribution in [2.75, 3.05) is 6.61 Å². The van der Waals surface area contributed by atoms with E-state index in [1.165, 1.54) is 19.3 Å². The summed E-state index contributed by atoms with van der Waals surface area (Å²) >= 11 is 0. The predicted octanol–water partition coefficient (Wildman–Crippen LogP) is -0.770. The van der Waals surface area contributed by atoms with Crippen LogP contribution in [0.3, 0.4) is 0 Å². The summed E-state index contributed by atoms with van der Waals surface area (Å²) in [6, 6.07) is 0. The lowest BCUT2D eigenvalue weighted by molar-refractivity contribution is 0.0666. The van der Waals surface area contributed by atoms with Crippen LogP contribution in [0.2, 0.25) is 0 Å². The summed E-state index contributed by atoms with van der Waals surface area (Å²) in [5, 5.41) is 0. The Labute approximate surface area is 54.0 Å². The van der Waals surface area contributed by atoms with Crippen molar-refractivity contribution in [3.63, 3.8) is 0 Å². The summed E-state index contributed by atoms with van der Waals surface area (Å²) in [6.45, 7) is 1.03. The molecule has 1 atom stereocenters. The standard InChI is InChI=1S/C5H13BOSi/c6-8-5-3-1-2-4-7-5/h5H,1-4,6,8H2. The summed E-state index contributed by atoms with van der Waals surface area (Å²) < 4.78 is 5.49. The number of ether oxygens (including phenoxy) is 1. The molecule has 0 bridgehead atoms. The molecule has 0 amide bonds. The zero-order valence-electron chi connectivity index (χ0n) is 5.52. The second-order valence-corrected chi connectivity index (χ2v) is 4.12. The third-order valence-electron chi connectivity index (χ3n) is 1.73. The molecule has 0 radical (unpaired) electrons. The minimum absolute atomic E-state index is 0.146. The van der Waals surface area contributed by atoms with Crippen molar-refractivity contribution in [1.82, 2.24) is 0 Å². The molecule has 0 aromatic heterocycles. The van der Waals surface area contributed by atoms with Gasteiger partial charge in [0.15, 0.2) is 0 Å². The molecule has 1 nitrogen and oxygen atoms in total. The Hall–Kier alpha value is 0.242. The normalized spacial score (nSPS) is 31.8. The second-order valence-electron chi connectivity index (χ2n) is 2.40. The molecule has 0 spiro atoms. The molecule has 3 heteroatoms. The van der Waals surface area contributed by atoms with Gasteiger partial charge in [-0.2, -0.15) is 0 Å². The van der Waals surface area contributed by atoms with Crippen LogP contribution in [0, 0.1) is 0 Å². The summed E-state index contributed by atoms with van der Waals surface area (Å²) in [7, 11) is 2.48. The topological polar surface area (TPSA) is 9.23 Å². The Balaban J connectivity index is 2.13. The lowest BCUT2D eigenvalue weighted by atomic mass is 10.2. The Morgan fingerprint density at radius 2 is 2.38 bits per heavy atom. The van der Waals surface area contributed by atoms with E-state index in [0.717, 1.165) is 12.3 Å². The molecule has 1 rings (SSSR count). The van der Waals surface area contributed by atoms with Gasteiger partial charge in [0.2, 0.25) is 0 Å². The van der Waals surface area contributed by atoms with Crippen LogP contribution in [0.15, 0.2) is 0 Å². The van der Waals surface area contributed by atoms with Crippen LogP contribution in [0.25, 0.3) is 0 Å². The molecule has 1 heterocycles. The van der Waals surface area contributed by atoms with E-state index in [2.05, 4.69) is 7.44 Å². The Kier molecular flexibility index (Phi) is 2.63. The fraction of sp³-hybridized carbons (Fsp3) is 1.00. The van der Waals surface area contributed by atoms with Crippen LogP contribution in [-0.4, -0.2) is 29.2 Å². The first kappa shape index (κ1) is 6.36. The predicted molar refractivity (Wildman–Crippen MR) is 40.7 cm³/mol. The Bertz CT molecular complexity index is 63.4. The maximum atomic E-state index is 5.49. The van der Waals surface area contributed by atoms with Crippen molar-refractivity contribution >= 4 is 16.8 Å². The van der Waals surface area contributed by atoms with Crippen LogP contribution in [0.1, 0.15) is 19.3 Å². The molecule has 0 aliphatic carbocycles. The van der Waals surface area contributed by atoms with Crippen molar-refractivity contribution in [3.05, 3.63) is 0 Å². The lowest BCUT2D eigenvalue weighted by Crippen LogP contribution is -2.25. The molecule has 1 aliphatic heterocycles. The zero-order valence-corrected chi connectivity index (χ0v) is 6.94. The van der Waals surface area contributed by atoms with E-state index in [1.54, 1.807) is 0 Å². The minimum atomic E-state index is 0.146. The first-order valence-electron chi connectivity index (χ1n) is 3.55. The van der Waals surface area contributed by atoms with Crippen LogP contribution in [0.5, 0.6) is 0 Å². The molecular weight excluding hydrogens is 115 g/mol. The van der Waals surface area contributed by atoms with E-state index in [0.29, 0.717) is 0 Å². The van der Waals surface area contributed by atoms with E-state index in [1.807, 2.05) is 0 Å². The van der Waals surface area contributed by atoms with Gasteiger partial charge in [-0.25, -0.2) is 0 Å². The van der Waals surface area contributed by atoms with E-state index >= 15 is 0 Å². The highest BCUT2D eigenvalue weighted by Gasteiger charge is 2.09. The van der Waals surface area contributed by atoms with Gasteiger partial charge in [0.1, 0.15) is 0 Å². The van der Waals surface area contributed by atoms with E-state index in [9.17, 15) is 0 Å². The summed E-state index contributed by atoms with van der Waals surface area (Å²) in [4.78, 5) is 0. The summed E-state index contributed by atoms with van der Waals surface area (Å²) in [6.07, 6.45) is 4.05. The molecule has 0 aromatic rings.